The number of benzene rings is 1. The first kappa shape index (κ1) is 18.2. The molecule has 1 unspecified atom stereocenters. The molecular formula is C15H18N4O3S2. The van der Waals surface area contributed by atoms with Crippen LogP contribution in [0.2, 0.25) is 0 Å². The lowest BCUT2D eigenvalue weighted by Gasteiger charge is -2.08. The zero-order valence-corrected chi connectivity index (χ0v) is 14.6. The number of carbonyl (C=O) groups excluding carboxylic acids is 2. The van der Waals surface area contributed by atoms with E-state index in [1.807, 2.05) is 30.3 Å². The average molecular weight is 366 g/mol. The lowest BCUT2D eigenvalue weighted by molar-refractivity contribution is 0.0998. The number of nitrogens with two attached hydrogens (primary N) is 1. The monoisotopic (exact) mass is 366 g/mol. The van der Waals surface area contributed by atoms with E-state index in [4.69, 9.17) is 10.8 Å². The molecule has 2 rings (SSSR count). The Balaban J connectivity index is 2.06. The fourth-order valence-corrected chi connectivity index (χ4v) is 3.71. The number of aromatic nitrogens is 1. The van der Waals surface area contributed by atoms with Gasteiger partial charge in [0.2, 0.25) is 0 Å². The number of anilines is 1. The Morgan fingerprint density at radius 3 is 2.71 bits per heavy atom. The molecule has 1 aromatic heterocycles. The molecule has 0 spiro atoms. The maximum Gasteiger partial charge on any atom is 0.319 e. The number of hydrogen-bond acceptors (Lipinski definition) is 6. The summed E-state index contributed by atoms with van der Waals surface area (Å²) in [5.41, 5.74) is 6.72. The molecule has 3 amide bonds. The van der Waals surface area contributed by atoms with Crippen molar-refractivity contribution in [3.8, 4) is 0 Å². The van der Waals surface area contributed by atoms with Gasteiger partial charge >= 0.3 is 6.03 Å². The summed E-state index contributed by atoms with van der Waals surface area (Å²) in [6.07, 6.45) is -0.662. The summed E-state index contributed by atoms with van der Waals surface area (Å²) in [5, 5.41) is 15.0. The molecule has 0 aliphatic heterocycles. The first-order valence-corrected chi connectivity index (χ1v) is 8.92. The van der Waals surface area contributed by atoms with Gasteiger partial charge in [-0.1, -0.05) is 42.1 Å². The van der Waals surface area contributed by atoms with Crippen molar-refractivity contribution in [1.29, 1.82) is 0 Å². The molecule has 0 bridgehead atoms. The van der Waals surface area contributed by atoms with Gasteiger partial charge in [0.05, 0.1) is 6.10 Å². The van der Waals surface area contributed by atoms with Crippen molar-refractivity contribution in [1.82, 2.24) is 9.69 Å². The van der Waals surface area contributed by atoms with E-state index in [1.165, 1.54) is 11.8 Å². The van der Waals surface area contributed by atoms with E-state index < -0.39 is 18.0 Å². The second-order valence-electron chi connectivity index (χ2n) is 5.01. The molecule has 0 aliphatic carbocycles. The predicted molar refractivity (Wildman–Crippen MR) is 95.3 cm³/mol. The highest BCUT2D eigenvalue weighted by atomic mass is 32.2. The van der Waals surface area contributed by atoms with Gasteiger partial charge in [0.15, 0.2) is 0 Å². The number of amides is 3. The highest BCUT2D eigenvalue weighted by molar-refractivity contribution is 7.98. The van der Waals surface area contributed by atoms with Gasteiger partial charge in [0.1, 0.15) is 15.6 Å². The summed E-state index contributed by atoms with van der Waals surface area (Å²) in [5.74, 6) is -0.0106. The number of urea groups is 1. The maximum atomic E-state index is 11.8. The van der Waals surface area contributed by atoms with Gasteiger partial charge < -0.3 is 16.2 Å². The van der Waals surface area contributed by atoms with E-state index in [2.05, 4.69) is 15.0 Å². The van der Waals surface area contributed by atoms with Crippen LogP contribution in [0.5, 0.6) is 0 Å². The fraction of sp³-hybridized carbons (Fsp3) is 0.267. The smallest absolute Gasteiger partial charge is 0.319 e. The number of nitrogens with one attached hydrogen (secondary N) is 2. The highest BCUT2D eigenvalue weighted by Gasteiger charge is 2.20. The van der Waals surface area contributed by atoms with Crippen molar-refractivity contribution in [3.63, 3.8) is 0 Å². The summed E-state index contributed by atoms with van der Waals surface area (Å²) in [7, 11) is 0. The second kappa shape index (κ2) is 8.67. The van der Waals surface area contributed by atoms with Crippen molar-refractivity contribution < 1.29 is 14.7 Å². The van der Waals surface area contributed by atoms with Crippen LogP contribution in [-0.2, 0) is 5.75 Å². The standard InChI is InChI=1S/C15H18N4O3S2/c1-9(20)7-17-15(22)18-13-11(12(16)21)14(19-24-13)23-8-10-5-3-2-4-6-10/h2-6,9,20H,7-8H2,1H3,(H2,16,21)(H2,17,18,22). The van der Waals surface area contributed by atoms with E-state index in [1.54, 1.807) is 6.92 Å². The van der Waals surface area contributed by atoms with E-state index >= 15 is 0 Å². The first-order chi connectivity index (χ1) is 11.5. The number of primary amides is 1. The largest absolute Gasteiger partial charge is 0.392 e. The summed E-state index contributed by atoms with van der Waals surface area (Å²) in [6, 6.07) is 9.23. The molecule has 2 aromatic rings. The molecule has 5 N–H and O–H groups in total. The van der Waals surface area contributed by atoms with Gasteiger partial charge in [-0.3, -0.25) is 10.1 Å². The topological polar surface area (TPSA) is 117 Å². The van der Waals surface area contributed by atoms with Crippen LogP contribution < -0.4 is 16.4 Å². The number of hydrogen-bond donors (Lipinski definition) is 4. The van der Waals surface area contributed by atoms with E-state index in [0.29, 0.717) is 15.8 Å². The van der Waals surface area contributed by atoms with Crippen molar-refractivity contribution in [2.45, 2.75) is 23.8 Å². The molecule has 0 aliphatic rings. The van der Waals surface area contributed by atoms with Crippen molar-refractivity contribution in [2.75, 3.05) is 11.9 Å². The van der Waals surface area contributed by atoms with E-state index in [0.717, 1.165) is 17.1 Å². The van der Waals surface area contributed by atoms with Gasteiger partial charge in [0.25, 0.3) is 5.91 Å². The molecule has 1 heterocycles. The average Bonchev–Trinajstić information content (AvgIpc) is 2.94. The summed E-state index contributed by atoms with van der Waals surface area (Å²) >= 11 is 2.38. The zero-order chi connectivity index (χ0) is 17.5. The SMILES string of the molecule is CC(O)CNC(=O)Nc1snc(SCc2ccccc2)c1C(N)=O. The number of aliphatic hydroxyl groups is 1. The van der Waals surface area contributed by atoms with E-state index in [-0.39, 0.29) is 12.1 Å². The third kappa shape index (κ3) is 5.22. The zero-order valence-electron chi connectivity index (χ0n) is 13.0. The minimum Gasteiger partial charge on any atom is -0.392 e. The molecular weight excluding hydrogens is 348 g/mol. The summed E-state index contributed by atoms with van der Waals surface area (Å²) < 4.78 is 4.21. The Morgan fingerprint density at radius 2 is 2.08 bits per heavy atom. The van der Waals surface area contributed by atoms with Crippen LogP contribution in [0.4, 0.5) is 9.80 Å². The lowest BCUT2D eigenvalue weighted by atomic mass is 10.2. The lowest BCUT2D eigenvalue weighted by Crippen LogP contribution is -2.34. The Bertz CT molecular complexity index is 704. The Morgan fingerprint density at radius 1 is 1.38 bits per heavy atom. The number of rotatable bonds is 7. The Labute approximate surface area is 147 Å². The molecule has 0 radical (unpaired) electrons. The molecule has 24 heavy (non-hydrogen) atoms. The minimum atomic E-state index is -0.662. The second-order valence-corrected chi connectivity index (χ2v) is 6.75. The molecule has 128 valence electrons. The summed E-state index contributed by atoms with van der Waals surface area (Å²) in [6.45, 7) is 1.66. The van der Waals surface area contributed by atoms with E-state index in [9.17, 15) is 9.59 Å². The fourth-order valence-electron chi connectivity index (χ4n) is 1.79. The molecule has 0 saturated heterocycles. The molecule has 1 aromatic carbocycles. The van der Waals surface area contributed by atoms with Crippen molar-refractivity contribution in [3.05, 3.63) is 41.5 Å². The first-order valence-electron chi connectivity index (χ1n) is 7.16. The van der Waals surface area contributed by atoms with Gasteiger partial charge in [-0.15, -0.1) is 0 Å². The van der Waals surface area contributed by atoms with Gasteiger partial charge in [-0.05, 0) is 24.0 Å². The Hall–Kier alpha value is -2.10. The third-order valence-electron chi connectivity index (χ3n) is 2.91. The van der Waals surface area contributed by atoms with Crippen LogP contribution in [0.15, 0.2) is 35.4 Å². The molecule has 0 fully saturated rings. The number of carbonyl (C=O) groups is 2. The van der Waals surface area contributed by atoms with Crippen LogP contribution in [-0.4, -0.2) is 34.1 Å². The van der Waals surface area contributed by atoms with Crippen LogP contribution in [0.1, 0.15) is 22.8 Å². The normalized spacial score (nSPS) is 11.8. The van der Waals surface area contributed by atoms with Gasteiger partial charge in [0, 0.05) is 12.3 Å². The maximum absolute atomic E-state index is 11.8. The van der Waals surface area contributed by atoms with Crippen molar-refractivity contribution >= 4 is 40.2 Å². The van der Waals surface area contributed by atoms with Crippen LogP contribution >= 0.6 is 23.3 Å². The number of thioether (sulfide) groups is 1. The molecule has 9 heteroatoms. The molecule has 0 saturated carbocycles. The quantitative estimate of drug-likeness (QED) is 0.559. The molecule has 7 nitrogen and oxygen atoms in total. The van der Waals surface area contributed by atoms with Crippen LogP contribution in [0, 0.1) is 0 Å². The minimum absolute atomic E-state index is 0.103. The third-order valence-corrected chi connectivity index (χ3v) is 4.84. The predicted octanol–water partition coefficient (Wildman–Crippen LogP) is 2.04. The number of nitrogens with zero attached hydrogens (tertiary/aromatic N) is 1. The summed E-state index contributed by atoms with van der Waals surface area (Å²) in [4.78, 5) is 23.5. The number of aliphatic hydroxyl groups excluding tert-OH is 1. The highest BCUT2D eigenvalue weighted by Crippen LogP contribution is 2.33. The van der Waals surface area contributed by atoms with Crippen LogP contribution in [0.25, 0.3) is 0 Å². The van der Waals surface area contributed by atoms with Gasteiger partial charge in [-0.2, -0.15) is 4.37 Å². The van der Waals surface area contributed by atoms with Crippen molar-refractivity contribution in [2.24, 2.45) is 5.73 Å². The van der Waals surface area contributed by atoms with Gasteiger partial charge in [-0.25, -0.2) is 4.79 Å². The van der Waals surface area contributed by atoms with Crippen LogP contribution in [0.3, 0.4) is 0 Å². The molecule has 1 atom stereocenters. The Kier molecular flexibility index (Phi) is 6.59.